The first kappa shape index (κ1) is 18.2. The van der Waals surface area contributed by atoms with Gasteiger partial charge in [0.15, 0.2) is 0 Å². The minimum atomic E-state index is -2.15. The molecule has 17 heavy (non-hydrogen) atoms. The molecule has 0 aromatic rings. The number of halogens is 4. The molecule has 0 saturated heterocycles. The Labute approximate surface area is 128 Å². The fourth-order valence-corrected chi connectivity index (χ4v) is 4.59. The van der Waals surface area contributed by atoms with Gasteiger partial charge >= 0.3 is 129 Å². The molecule has 0 heterocycles. The summed E-state index contributed by atoms with van der Waals surface area (Å²) in [4.78, 5) is 0. The van der Waals surface area contributed by atoms with Crippen LogP contribution in [0.25, 0.3) is 0 Å². The predicted molar refractivity (Wildman–Crippen MR) is 72.6 cm³/mol. The molecule has 0 aliphatic carbocycles. The maximum absolute atomic E-state index is 12.5. The quantitative estimate of drug-likeness (QED) is 0.202. The predicted octanol–water partition coefficient (Wildman–Crippen LogP) is 1.06. The molecule has 0 fully saturated rings. The van der Waals surface area contributed by atoms with Crippen molar-refractivity contribution in [2.45, 2.75) is 62.7 Å². The fraction of sp³-hybridized carbons (Fsp3) is 1.00. The minimum absolute atomic E-state index is 0.0813. The third-order valence-corrected chi connectivity index (χ3v) is 6.91. The second-order valence-electron chi connectivity index (χ2n) is 4.17. The zero-order chi connectivity index (χ0) is 13.1. The average molecular weight is 475 g/mol. The first-order chi connectivity index (χ1) is 8.13. The zero-order valence-electron chi connectivity index (χ0n) is 10.5. The van der Waals surface area contributed by atoms with E-state index in [1.165, 1.54) is 0 Å². The van der Waals surface area contributed by atoms with E-state index in [2.05, 4.69) is 44.0 Å². The normalized spacial score (nSPS) is 15.4. The molecule has 2 atom stereocenters. The monoisotopic (exact) mass is 475 g/mol. The van der Waals surface area contributed by atoms with Crippen molar-refractivity contribution in [1.29, 1.82) is 0 Å². The summed E-state index contributed by atoms with van der Waals surface area (Å²) >= 11 is 1.93. The Hall–Kier alpha value is 1.24. The van der Waals surface area contributed by atoms with Gasteiger partial charge in [-0.05, 0) is 0 Å². The standard InChI is InChI=1S/C11H23F2I2N2/c1-3-5-6-9(8-11(12)13)7-10(4-2)15-17-16-14/h9-11,16-17H,3-8H2,1-2H3/q-1/t9-,10+/m1/s1. The van der Waals surface area contributed by atoms with Crippen molar-refractivity contribution in [1.82, 2.24) is 7.28 Å². The number of hydrogen-bond donors (Lipinski definition) is 2. The first-order valence-corrected chi connectivity index (χ1v) is 9.55. The van der Waals surface area contributed by atoms with Crippen molar-refractivity contribution >= 4 is 22.9 Å². The van der Waals surface area contributed by atoms with Gasteiger partial charge < -0.3 is 0 Å². The number of hydrogen-bond acceptors (Lipinski definition) is 2. The summed E-state index contributed by atoms with van der Waals surface area (Å²) in [5.41, 5.74) is 0. The second-order valence-corrected chi connectivity index (χ2v) is 7.64. The molecule has 0 radical (unpaired) electrons. The van der Waals surface area contributed by atoms with E-state index in [1.54, 1.807) is 0 Å². The molecule has 0 unspecified atom stereocenters. The fourth-order valence-electron chi connectivity index (χ4n) is 1.82. The number of nitrogens with one attached hydrogen (secondary N) is 2. The molecule has 106 valence electrons. The van der Waals surface area contributed by atoms with Crippen molar-refractivity contribution in [3.8, 4) is 0 Å². The molecular formula is C11H23F2I2N2-. The molecule has 0 bridgehead atoms. The van der Waals surface area contributed by atoms with Gasteiger partial charge in [-0.15, -0.1) is 0 Å². The number of alkyl halides is 3. The van der Waals surface area contributed by atoms with Crippen molar-refractivity contribution in [2.24, 2.45) is 5.92 Å². The van der Waals surface area contributed by atoms with E-state index in [4.69, 9.17) is 0 Å². The Kier molecular flexibility index (Phi) is 13.2. The summed E-state index contributed by atoms with van der Waals surface area (Å²) in [7, 11) is 0. The molecule has 0 spiro atoms. The number of rotatable bonds is 11. The SMILES string of the molecule is CCCC[C@@H](CC(F)F)C[C@H](CC)[I-]NNI. The molecule has 0 amide bonds. The molecule has 6 heteroatoms. The van der Waals surface area contributed by atoms with Crippen molar-refractivity contribution in [2.75, 3.05) is 0 Å². The summed E-state index contributed by atoms with van der Waals surface area (Å²) in [6, 6.07) is 0. The van der Waals surface area contributed by atoms with Crippen LogP contribution >= 0.6 is 22.9 Å². The van der Waals surface area contributed by atoms with Gasteiger partial charge in [-0.25, -0.2) is 0 Å². The molecule has 2 nitrogen and oxygen atoms in total. The van der Waals surface area contributed by atoms with Gasteiger partial charge in [-0.2, -0.15) is 0 Å². The Morgan fingerprint density at radius 1 is 1.24 bits per heavy atom. The molecule has 0 aromatic heterocycles. The van der Waals surface area contributed by atoms with Crippen LogP contribution in [0.3, 0.4) is 0 Å². The van der Waals surface area contributed by atoms with Crippen LogP contribution in [-0.4, -0.2) is 10.4 Å². The van der Waals surface area contributed by atoms with Crippen LogP contribution < -0.4 is 28.8 Å². The summed E-state index contributed by atoms with van der Waals surface area (Å²) in [5, 5.41) is 0. The summed E-state index contributed by atoms with van der Waals surface area (Å²) in [5.74, 6) is 0.204. The molecule has 0 aliphatic heterocycles. The van der Waals surface area contributed by atoms with Crippen molar-refractivity contribution in [3.05, 3.63) is 0 Å². The van der Waals surface area contributed by atoms with Crippen LogP contribution in [0.5, 0.6) is 0 Å². The van der Waals surface area contributed by atoms with E-state index in [0.29, 0.717) is 3.92 Å². The van der Waals surface area contributed by atoms with Gasteiger partial charge in [-0.3, -0.25) is 0 Å². The summed E-state index contributed by atoms with van der Waals surface area (Å²) < 4.78 is 31.7. The van der Waals surface area contributed by atoms with Gasteiger partial charge in [-0.1, -0.05) is 0 Å². The van der Waals surface area contributed by atoms with E-state index < -0.39 is 6.43 Å². The van der Waals surface area contributed by atoms with E-state index in [0.717, 1.165) is 32.1 Å². The zero-order valence-corrected chi connectivity index (χ0v) is 14.8. The van der Waals surface area contributed by atoms with Crippen molar-refractivity contribution in [3.63, 3.8) is 0 Å². The average Bonchev–Trinajstić information content (AvgIpc) is 2.30. The summed E-state index contributed by atoms with van der Waals surface area (Å²) in [6.07, 6.45) is 3.10. The van der Waals surface area contributed by atoms with Crippen LogP contribution in [-0.2, 0) is 0 Å². The summed E-state index contributed by atoms with van der Waals surface area (Å²) in [6.45, 7) is 4.27. The van der Waals surface area contributed by atoms with Crippen LogP contribution in [0.1, 0.15) is 52.4 Å². The van der Waals surface area contributed by atoms with Crippen molar-refractivity contribution < 1.29 is 30.3 Å². The van der Waals surface area contributed by atoms with Crippen LogP contribution in [0, 0.1) is 5.92 Å². The Bertz CT molecular complexity index is 174. The van der Waals surface area contributed by atoms with Gasteiger partial charge in [0, 0.05) is 0 Å². The Balaban J connectivity index is 4.06. The third-order valence-electron chi connectivity index (χ3n) is 2.75. The first-order valence-electron chi connectivity index (χ1n) is 6.15. The van der Waals surface area contributed by atoms with Crippen LogP contribution in [0.4, 0.5) is 8.78 Å². The van der Waals surface area contributed by atoms with Gasteiger partial charge in [0.2, 0.25) is 0 Å². The van der Waals surface area contributed by atoms with E-state index in [1.807, 2.05) is 0 Å². The number of unbranched alkanes of at least 4 members (excludes halogenated alkanes) is 1. The van der Waals surface area contributed by atoms with Gasteiger partial charge in [0.05, 0.1) is 0 Å². The maximum atomic E-state index is 12.5. The molecule has 0 rings (SSSR count). The molecule has 2 N–H and O–H groups in total. The van der Waals surface area contributed by atoms with Gasteiger partial charge in [0.1, 0.15) is 0 Å². The van der Waals surface area contributed by atoms with Gasteiger partial charge in [0.25, 0.3) is 0 Å². The van der Waals surface area contributed by atoms with E-state index in [-0.39, 0.29) is 33.8 Å². The Morgan fingerprint density at radius 2 is 1.94 bits per heavy atom. The molecular weight excluding hydrogens is 452 g/mol. The van der Waals surface area contributed by atoms with E-state index >= 15 is 0 Å². The second kappa shape index (κ2) is 12.3. The number of hydrazine groups is 1. The Morgan fingerprint density at radius 3 is 2.41 bits per heavy atom. The molecule has 0 saturated carbocycles. The van der Waals surface area contributed by atoms with Crippen LogP contribution in [0.15, 0.2) is 0 Å². The van der Waals surface area contributed by atoms with Crippen LogP contribution in [0.2, 0.25) is 0 Å². The molecule has 0 aliphatic rings. The molecule has 0 aromatic carbocycles. The van der Waals surface area contributed by atoms with E-state index in [9.17, 15) is 8.78 Å². The third kappa shape index (κ3) is 10.8. The topological polar surface area (TPSA) is 24.1 Å².